The van der Waals surface area contributed by atoms with Crippen molar-refractivity contribution < 1.29 is 19.3 Å². The highest BCUT2D eigenvalue weighted by atomic mass is 16.5. The number of nitriles is 1. The molecule has 0 unspecified atom stereocenters. The summed E-state index contributed by atoms with van der Waals surface area (Å²) in [5, 5.41) is 39.3. The summed E-state index contributed by atoms with van der Waals surface area (Å²) in [6.07, 6.45) is 14.0. The predicted molar refractivity (Wildman–Crippen MR) is 183 cm³/mol. The Morgan fingerprint density at radius 3 is 2.44 bits per heavy atom. The lowest BCUT2D eigenvalue weighted by molar-refractivity contribution is -0.0458. The van der Waals surface area contributed by atoms with Crippen LogP contribution in [0.15, 0.2) is 43.1 Å². The molecule has 2 aliphatic heterocycles. The fourth-order valence-electron chi connectivity index (χ4n) is 7.36. The van der Waals surface area contributed by atoms with Crippen LogP contribution in [0.1, 0.15) is 77.3 Å². The number of hydrogen-bond acceptors (Lipinski definition) is 13. The van der Waals surface area contributed by atoms with Crippen LogP contribution < -0.4 is 14.8 Å². The van der Waals surface area contributed by atoms with Gasteiger partial charge in [-0.1, -0.05) is 6.07 Å². The number of aromatic nitrogens is 8. The number of nitrogens with zero attached hydrogens (tertiary/aromatic N) is 10. The number of nitrogens with one attached hydrogen (secondary N) is 1. The number of ether oxygens (including phenoxy) is 3. The second kappa shape index (κ2) is 14.7. The quantitative estimate of drug-likeness (QED) is 0.204. The van der Waals surface area contributed by atoms with Crippen molar-refractivity contribution in [1.82, 2.24) is 44.9 Å². The molecule has 3 aromatic heterocycles. The zero-order chi connectivity index (χ0) is 34.7. The van der Waals surface area contributed by atoms with E-state index in [0.29, 0.717) is 66.5 Å². The third-order valence-corrected chi connectivity index (χ3v) is 9.91. The van der Waals surface area contributed by atoms with Gasteiger partial charge < -0.3 is 24.6 Å². The van der Waals surface area contributed by atoms with Gasteiger partial charge in [-0.05, 0) is 87.4 Å². The molecule has 2 N–H and O–H groups in total. The first kappa shape index (κ1) is 33.8. The molecule has 2 saturated heterocycles. The Balaban J connectivity index is 1.04. The summed E-state index contributed by atoms with van der Waals surface area (Å²) in [5.41, 5.74) is 1.82. The molecule has 4 aromatic rings. The molecule has 3 fully saturated rings. The summed E-state index contributed by atoms with van der Waals surface area (Å²) in [6.45, 7) is 7.91. The van der Waals surface area contributed by atoms with Gasteiger partial charge in [-0.15, -0.1) is 10.2 Å². The lowest BCUT2D eigenvalue weighted by Gasteiger charge is -2.43. The maximum absolute atomic E-state index is 10.3. The Morgan fingerprint density at radius 2 is 1.76 bits per heavy atom. The molecular formula is C35H45N11O4. The van der Waals surface area contributed by atoms with Crippen LogP contribution in [0.2, 0.25) is 0 Å². The van der Waals surface area contributed by atoms with E-state index >= 15 is 0 Å². The van der Waals surface area contributed by atoms with E-state index in [9.17, 15) is 10.4 Å². The Kier molecular flexibility index (Phi) is 9.93. The first-order chi connectivity index (χ1) is 24.2. The summed E-state index contributed by atoms with van der Waals surface area (Å²) >= 11 is 0. The number of benzene rings is 1. The Bertz CT molecular complexity index is 1740. The molecule has 50 heavy (non-hydrogen) atoms. The van der Waals surface area contributed by atoms with Gasteiger partial charge >= 0.3 is 0 Å². The number of aliphatic hydroxyl groups is 1. The van der Waals surface area contributed by atoms with Crippen LogP contribution >= 0.6 is 0 Å². The lowest BCUT2D eigenvalue weighted by Crippen LogP contribution is -2.52. The zero-order valence-corrected chi connectivity index (χ0v) is 28.9. The highest BCUT2D eigenvalue weighted by molar-refractivity contribution is 5.67. The topological polar surface area (TPSA) is 174 Å². The molecule has 0 amide bonds. The van der Waals surface area contributed by atoms with Crippen LogP contribution in [0.5, 0.6) is 11.6 Å². The van der Waals surface area contributed by atoms with Crippen molar-refractivity contribution in [2.24, 2.45) is 0 Å². The Labute approximate surface area is 291 Å². The summed E-state index contributed by atoms with van der Waals surface area (Å²) in [4.78, 5) is 11.9. The van der Waals surface area contributed by atoms with Crippen LogP contribution in [0.3, 0.4) is 0 Å². The van der Waals surface area contributed by atoms with Crippen molar-refractivity contribution in [2.45, 2.75) is 108 Å². The predicted octanol–water partition coefficient (Wildman–Crippen LogP) is 4.30. The molecular weight excluding hydrogens is 638 g/mol. The van der Waals surface area contributed by atoms with Gasteiger partial charge in [0.15, 0.2) is 0 Å². The molecule has 264 valence electrons. The third-order valence-electron chi connectivity index (χ3n) is 9.91. The second-order valence-electron chi connectivity index (χ2n) is 14.3. The maximum Gasteiger partial charge on any atom is 0.256 e. The number of anilines is 2. The van der Waals surface area contributed by atoms with Gasteiger partial charge in [0.25, 0.3) is 5.88 Å². The average Bonchev–Trinajstić information content (AvgIpc) is 3.82. The molecule has 0 radical (unpaired) electrons. The van der Waals surface area contributed by atoms with Gasteiger partial charge in [0, 0.05) is 42.5 Å². The van der Waals surface area contributed by atoms with Gasteiger partial charge in [-0.25, -0.2) is 14.6 Å². The highest BCUT2D eigenvalue weighted by Gasteiger charge is 2.42. The van der Waals surface area contributed by atoms with E-state index in [1.165, 1.54) is 19.2 Å². The summed E-state index contributed by atoms with van der Waals surface area (Å²) in [7, 11) is 0. The first-order valence-corrected chi connectivity index (χ1v) is 17.5. The van der Waals surface area contributed by atoms with Crippen LogP contribution in [-0.4, -0.2) is 99.6 Å². The van der Waals surface area contributed by atoms with Crippen molar-refractivity contribution in [3.8, 4) is 28.8 Å². The fraction of sp³-hybridized carbons (Fsp3) is 0.571. The van der Waals surface area contributed by atoms with E-state index in [-0.39, 0.29) is 12.1 Å². The Hall–Kier alpha value is -4.65. The molecule has 2 bridgehead atoms. The molecule has 3 atom stereocenters. The van der Waals surface area contributed by atoms with Crippen molar-refractivity contribution in [3.05, 3.63) is 48.7 Å². The van der Waals surface area contributed by atoms with Crippen molar-refractivity contribution in [1.29, 1.82) is 5.26 Å². The SMILES string of the molecule is C[C@@H](Cn1cnnn1)Oc1cc(-c2cnc(Nc3cn(C4CCC(N5[C@@H]6CC[C@H]5COC6)CC4)nc3OCCC(C)(C)O)nc2)ccc1C#N. The number of rotatable bonds is 13. The van der Waals surface area contributed by atoms with E-state index in [0.717, 1.165) is 50.0 Å². The van der Waals surface area contributed by atoms with Crippen LogP contribution in [0.4, 0.5) is 11.6 Å². The van der Waals surface area contributed by atoms with Gasteiger partial charge in [-0.3, -0.25) is 9.58 Å². The normalized spacial score (nSPS) is 22.9. The maximum atomic E-state index is 10.3. The van der Waals surface area contributed by atoms with Gasteiger partial charge in [0.05, 0.1) is 49.8 Å². The van der Waals surface area contributed by atoms with Gasteiger partial charge in [0.1, 0.15) is 29.9 Å². The Morgan fingerprint density at radius 1 is 1.04 bits per heavy atom. The summed E-state index contributed by atoms with van der Waals surface area (Å²) < 4.78 is 21.7. The summed E-state index contributed by atoms with van der Waals surface area (Å²) in [6, 6.07) is 9.61. The largest absolute Gasteiger partial charge is 0.487 e. The van der Waals surface area contributed by atoms with E-state index in [2.05, 4.69) is 41.8 Å². The molecule has 15 heteroatoms. The number of fused-ring (bicyclic) bond motifs is 2. The molecule has 1 saturated carbocycles. The van der Waals surface area contributed by atoms with E-state index in [4.69, 9.17) is 19.3 Å². The van der Waals surface area contributed by atoms with Gasteiger partial charge in [-0.2, -0.15) is 5.26 Å². The van der Waals surface area contributed by atoms with E-state index in [1.807, 2.05) is 29.9 Å². The molecule has 1 aliphatic carbocycles. The fourth-order valence-corrected chi connectivity index (χ4v) is 7.36. The molecule has 7 rings (SSSR count). The highest BCUT2D eigenvalue weighted by Crippen LogP contribution is 2.39. The minimum Gasteiger partial charge on any atom is -0.487 e. The minimum absolute atomic E-state index is 0.267. The molecule has 5 heterocycles. The van der Waals surface area contributed by atoms with E-state index in [1.54, 1.807) is 37.0 Å². The minimum atomic E-state index is -0.852. The smallest absolute Gasteiger partial charge is 0.256 e. The van der Waals surface area contributed by atoms with Crippen molar-refractivity contribution in [3.63, 3.8) is 0 Å². The van der Waals surface area contributed by atoms with Gasteiger partial charge in [0.2, 0.25) is 5.95 Å². The molecule has 0 spiro atoms. The monoisotopic (exact) mass is 683 g/mol. The van der Waals surface area contributed by atoms with Crippen LogP contribution in [-0.2, 0) is 11.3 Å². The van der Waals surface area contributed by atoms with Crippen LogP contribution in [0.25, 0.3) is 11.1 Å². The first-order valence-electron chi connectivity index (χ1n) is 17.5. The molecule has 15 nitrogen and oxygen atoms in total. The number of morpholine rings is 1. The van der Waals surface area contributed by atoms with Crippen molar-refractivity contribution in [2.75, 3.05) is 25.1 Å². The third kappa shape index (κ3) is 7.88. The number of hydrogen-bond donors (Lipinski definition) is 2. The zero-order valence-electron chi connectivity index (χ0n) is 28.9. The standard InChI is InChI=1S/C35H45N11O4/c1-23(18-44-22-39-42-43-44)50-32-14-24(4-5-25(32)15-36)26-16-37-34(38-17-26)40-31-19-45(41-33(31)49-13-12-35(2,3)47)27-6-8-28(9-7-27)46-29-10-11-30(46)21-48-20-29/h4-5,14,16-17,19,22-23,27-30,47H,6-13,18,20-21H2,1-3H3,(H,37,38,40)/t23-,27?,28?,29-,30+/m0/s1. The van der Waals surface area contributed by atoms with E-state index < -0.39 is 5.60 Å². The average molecular weight is 684 g/mol. The summed E-state index contributed by atoms with van der Waals surface area (Å²) in [5.74, 6) is 1.31. The second-order valence-corrected chi connectivity index (χ2v) is 14.3. The number of tetrazole rings is 1. The molecule has 1 aromatic carbocycles. The lowest BCUT2D eigenvalue weighted by atomic mass is 9.89. The van der Waals surface area contributed by atoms with Crippen LogP contribution in [0, 0.1) is 11.3 Å². The van der Waals surface area contributed by atoms with Crippen molar-refractivity contribution >= 4 is 11.6 Å². The molecule has 3 aliphatic rings.